The van der Waals surface area contributed by atoms with Gasteiger partial charge in [-0.3, -0.25) is 5.01 Å². The summed E-state index contributed by atoms with van der Waals surface area (Å²) in [5.41, 5.74) is 10.7. The number of benzene rings is 2. The summed E-state index contributed by atoms with van der Waals surface area (Å²) in [6, 6.07) is 13.6. The molecule has 0 atom stereocenters. The lowest BCUT2D eigenvalue weighted by molar-refractivity contribution is 0.315. The van der Waals surface area contributed by atoms with Gasteiger partial charge in [0.05, 0.1) is 31.5 Å². The van der Waals surface area contributed by atoms with Crippen LogP contribution in [0.5, 0.6) is 11.5 Å². The van der Waals surface area contributed by atoms with E-state index in [2.05, 4.69) is 25.5 Å². The lowest BCUT2D eigenvalue weighted by atomic mass is 10.1. The first-order valence-electron chi connectivity index (χ1n) is 10.3. The van der Waals surface area contributed by atoms with E-state index in [1.165, 1.54) is 0 Å². The summed E-state index contributed by atoms with van der Waals surface area (Å²) in [5, 5.41) is 1.55. The van der Waals surface area contributed by atoms with Gasteiger partial charge in [-0.1, -0.05) is 28.1 Å². The van der Waals surface area contributed by atoms with Crippen LogP contribution in [0.15, 0.2) is 53.1 Å². The quantitative estimate of drug-likeness (QED) is 0.317. The van der Waals surface area contributed by atoms with Crippen LogP contribution in [-0.2, 0) is 13.1 Å². The van der Waals surface area contributed by atoms with Gasteiger partial charge in [-0.2, -0.15) is 0 Å². The number of imidazole rings is 1. The average Bonchev–Trinajstić information content (AvgIpc) is 3.00. The number of aryl methyl sites for hydroxylation is 1. The average molecular weight is 495 g/mol. The number of methoxy groups -OCH3 is 1. The summed E-state index contributed by atoms with van der Waals surface area (Å²) in [4.78, 5) is 9.34. The number of nitrogens with zero attached hydrogens (tertiary/aromatic N) is 4. The van der Waals surface area contributed by atoms with Crippen molar-refractivity contribution in [1.82, 2.24) is 14.5 Å². The molecular formula is C23H23BrN6O2. The van der Waals surface area contributed by atoms with Gasteiger partial charge in [-0.05, 0) is 42.3 Å². The summed E-state index contributed by atoms with van der Waals surface area (Å²) in [7, 11) is 1.64. The molecule has 0 unspecified atom stereocenters. The molecule has 4 N–H and O–H groups in total. The molecule has 0 radical (unpaired) electrons. The Morgan fingerprint density at radius 3 is 2.81 bits per heavy atom. The molecule has 0 fully saturated rings. The summed E-state index contributed by atoms with van der Waals surface area (Å²) in [6.45, 7) is 1.89. The number of hydrogen-bond acceptors (Lipinski definition) is 7. The molecule has 32 heavy (non-hydrogen) atoms. The Balaban J connectivity index is 1.55. The van der Waals surface area contributed by atoms with E-state index in [0.717, 1.165) is 56.9 Å². The first kappa shape index (κ1) is 20.6. The fraction of sp³-hybridized carbons (Fsp3) is 0.217. The van der Waals surface area contributed by atoms with Crippen LogP contribution in [0.1, 0.15) is 12.0 Å². The van der Waals surface area contributed by atoms with Gasteiger partial charge in [0.2, 0.25) is 0 Å². The van der Waals surface area contributed by atoms with E-state index in [4.69, 9.17) is 26.0 Å². The van der Waals surface area contributed by atoms with Gasteiger partial charge in [0.1, 0.15) is 22.8 Å². The molecule has 3 heterocycles. The topological polar surface area (TPSA) is 104 Å². The van der Waals surface area contributed by atoms with Crippen LogP contribution in [0, 0.1) is 0 Å². The molecule has 4 aromatic rings. The highest BCUT2D eigenvalue weighted by Crippen LogP contribution is 2.38. The highest BCUT2D eigenvalue weighted by atomic mass is 79.9. The predicted octanol–water partition coefficient (Wildman–Crippen LogP) is 4.11. The molecule has 2 aromatic heterocycles. The van der Waals surface area contributed by atoms with Gasteiger partial charge in [0.25, 0.3) is 0 Å². The molecule has 0 saturated heterocycles. The minimum atomic E-state index is 0.450. The van der Waals surface area contributed by atoms with E-state index in [1.54, 1.807) is 18.3 Å². The molecule has 9 heteroatoms. The monoisotopic (exact) mass is 494 g/mol. The van der Waals surface area contributed by atoms with Crippen LogP contribution in [0.4, 0.5) is 11.5 Å². The highest BCUT2D eigenvalue weighted by Gasteiger charge is 2.22. The summed E-state index contributed by atoms with van der Waals surface area (Å²) < 4.78 is 14.3. The second-order valence-electron chi connectivity index (χ2n) is 7.63. The predicted molar refractivity (Wildman–Crippen MR) is 129 cm³/mol. The molecule has 0 saturated carbocycles. The zero-order valence-corrected chi connectivity index (χ0v) is 19.2. The largest absolute Gasteiger partial charge is 0.497 e. The molecule has 0 bridgehead atoms. The van der Waals surface area contributed by atoms with Crippen molar-refractivity contribution in [1.29, 1.82) is 0 Å². The Kier molecular flexibility index (Phi) is 5.36. The number of anilines is 2. The molecule has 0 amide bonds. The Labute approximate surface area is 193 Å². The molecule has 5 rings (SSSR count). The summed E-state index contributed by atoms with van der Waals surface area (Å²) in [6.07, 6.45) is 2.59. The van der Waals surface area contributed by atoms with Crippen molar-refractivity contribution in [3.8, 4) is 22.9 Å². The van der Waals surface area contributed by atoms with Crippen molar-refractivity contribution in [2.24, 2.45) is 5.84 Å². The normalized spacial score (nSPS) is 13.0. The number of nitrogen functional groups attached to an aromatic ring is 1. The zero-order valence-electron chi connectivity index (χ0n) is 17.6. The second kappa shape index (κ2) is 8.33. The Morgan fingerprint density at radius 1 is 1.22 bits per heavy atom. The SMILES string of the molecule is COc1ccc(CN(N)c2nccc(-c3nc4cc(Br)cc5c4n3CCCO5)c2N)cc1. The van der Waals surface area contributed by atoms with E-state index in [9.17, 15) is 0 Å². The Hall–Kier alpha value is -3.30. The summed E-state index contributed by atoms with van der Waals surface area (Å²) in [5.74, 6) is 9.28. The first-order chi connectivity index (χ1) is 15.5. The van der Waals surface area contributed by atoms with Crippen molar-refractivity contribution in [2.45, 2.75) is 19.5 Å². The maximum absolute atomic E-state index is 6.59. The fourth-order valence-corrected chi connectivity index (χ4v) is 4.45. The van der Waals surface area contributed by atoms with Gasteiger partial charge >= 0.3 is 0 Å². The van der Waals surface area contributed by atoms with E-state index in [0.29, 0.717) is 24.7 Å². The third kappa shape index (κ3) is 3.63. The number of pyridine rings is 1. The standard InChI is InChI=1S/C23H23BrN6O2/c1-31-16-5-3-14(4-6-16)13-30(26)23-20(25)17(7-8-27-23)22-28-18-11-15(24)12-19-21(18)29(22)9-2-10-32-19/h3-8,11-12H,2,9-10,13,25-26H2,1H3. The molecule has 0 aliphatic carbocycles. The molecule has 0 spiro atoms. The zero-order chi connectivity index (χ0) is 22.2. The van der Waals surface area contributed by atoms with Gasteiger partial charge in [-0.15, -0.1) is 0 Å². The van der Waals surface area contributed by atoms with E-state index in [1.807, 2.05) is 42.5 Å². The van der Waals surface area contributed by atoms with Crippen LogP contribution in [-0.4, -0.2) is 28.3 Å². The molecule has 8 nitrogen and oxygen atoms in total. The van der Waals surface area contributed by atoms with Crippen LogP contribution in [0.2, 0.25) is 0 Å². The van der Waals surface area contributed by atoms with Crippen molar-refractivity contribution in [3.05, 3.63) is 58.7 Å². The van der Waals surface area contributed by atoms with Crippen LogP contribution < -0.4 is 26.1 Å². The Morgan fingerprint density at radius 2 is 2.03 bits per heavy atom. The lowest BCUT2D eigenvalue weighted by Gasteiger charge is -2.21. The van der Waals surface area contributed by atoms with Crippen molar-refractivity contribution in [3.63, 3.8) is 0 Å². The van der Waals surface area contributed by atoms with E-state index >= 15 is 0 Å². The van der Waals surface area contributed by atoms with Crippen LogP contribution >= 0.6 is 15.9 Å². The van der Waals surface area contributed by atoms with Gasteiger partial charge in [0, 0.05) is 22.8 Å². The number of halogens is 1. The number of hydrogen-bond donors (Lipinski definition) is 2. The molecule has 1 aliphatic rings. The molecular weight excluding hydrogens is 472 g/mol. The summed E-state index contributed by atoms with van der Waals surface area (Å²) >= 11 is 3.55. The number of ether oxygens (including phenoxy) is 2. The number of nitrogens with two attached hydrogens (primary N) is 2. The molecule has 2 aromatic carbocycles. The first-order valence-corrected chi connectivity index (χ1v) is 11.1. The smallest absolute Gasteiger partial charge is 0.167 e. The minimum Gasteiger partial charge on any atom is -0.497 e. The molecule has 164 valence electrons. The minimum absolute atomic E-state index is 0.450. The Bertz CT molecular complexity index is 1290. The van der Waals surface area contributed by atoms with Gasteiger partial charge in [0.15, 0.2) is 5.82 Å². The third-order valence-electron chi connectivity index (χ3n) is 5.55. The van der Waals surface area contributed by atoms with Crippen molar-refractivity contribution < 1.29 is 9.47 Å². The van der Waals surface area contributed by atoms with Crippen LogP contribution in [0.25, 0.3) is 22.4 Å². The second-order valence-corrected chi connectivity index (χ2v) is 8.55. The van der Waals surface area contributed by atoms with E-state index < -0.39 is 0 Å². The third-order valence-corrected chi connectivity index (χ3v) is 6.01. The van der Waals surface area contributed by atoms with Gasteiger partial charge in [-0.25, -0.2) is 15.8 Å². The number of aromatic nitrogens is 3. The molecule has 1 aliphatic heterocycles. The van der Waals surface area contributed by atoms with Gasteiger partial charge < -0.3 is 19.8 Å². The highest BCUT2D eigenvalue weighted by molar-refractivity contribution is 9.10. The fourth-order valence-electron chi connectivity index (χ4n) is 4.02. The maximum Gasteiger partial charge on any atom is 0.167 e. The van der Waals surface area contributed by atoms with Crippen molar-refractivity contribution >= 4 is 38.5 Å². The number of rotatable bonds is 5. The van der Waals surface area contributed by atoms with Crippen LogP contribution in [0.3, 0.4) is 0 Å². The lowest BCUT2D eigenvalue weighted by Crippen LogP contribution is -2.31. The van der Waals surface area contributed by atoms with E-state index in [-0.39, 0.29) is 0 Å². The number of hydrazine groups is 1. The van der Waals surface area contributed by atoms with Crippen molar-refractivity contribution in [2.75, 3.05) is 24.5 Å². The maximum atomic E-state index is 6.59.